The number of piperazine rings is 1. The van der Waals surface area contributed by atoms with E-state index in [1.54, 1.807) is 13.0 Å². The Kier molecular flexibility index (Phi) is 5.61. The molecule has 0 radical (unpaired) electrons. The first-order valence-corrected chi connectivity index (χ1v) is 8.97. The third-order valence-corrected chi connectivity index (χ3v) is 4.82. The number of carbonyl (C=O) groups is 2. The summed E-state index contributed by atoms with van der Waals surface area (Å²) in [6, 6.07) is 9.96. The van der Waals surface area contributed by atoms with Gasteiger partial charge >= 0.3 is 0 Å². The zero-order valence-corrected chi connectivity index (χ0v) is 15.3. The molecule has 1 saturated heterocycles. The Morgan fingerprint density at radius 3 is 2.46 bits per heavy atom. The molecule has 1 aliphatic heterocycles. The minimum absolute atomic E-state index is 0.0821. The van der Waals surface area contributed by atoms with Gasteiger partial charge in [0.1, 0.15) is 5.76 Å². The Morgan fingerprint density at radius 2 is 1.81 bits per heavy atom. The number of nitrogens with one attached hydrogen (secondary N) is 1. The predicted octanol–water partition coefficient (Wildman–Crippen LogP) is 2.37. The molecule has 2 aromatic rings. The van der Waals surface area contributed by atoms with E-state index < -0.39 is 0 Å². The van der Waals surface area contributed by atoms with Crippen molar-refractivity contribution in [3.05, 3.63) is 53.5 Å². The van der Waals surface area contributed by atoms with E-state index >= 15 is 0 Å². The Balaban J connectivity index is 1.43. The van der Waals surface area contributed by atoms with Gasteiger partial charge in [0.25, 0.3) is 5.91 Å². The van der Waals surface area contributed by atoms with E-state index in [2.05, 4.69) is 29.3 Å². The van der Waals surface area contributed by atoms with E-state index in [4.69, 9.17) is 4.42 Å². The summed E-state index contributed by atoms with van der Waals surface area (Å²) in [7, 11) is 0. The maximum Gasteiger partial charge on any atom is 0.254 e. The molecule has 138 valence electrons. The normalized spacial score (nSPS) is 14.4. The topological polar surface area (TPSA) is 65.8 Å². The Morgan fingerprint density at radius 1 is 1.08 bits per heavy atom. The van der Waals surface area contributed by atoms with Crippen LogP contribution >= 0.6 is 0 Å². The van der Waals surface area contributed by atoms with Crippen LogP contribution in [0.5, 0.6) is 0 Å². The number of amides is 2. The van der Waals surface area contributed by atoms with Gasteiger partial charge in [0.15, 0.2) is 0 Å². The van der Waals surface area contributed by atoms with Gasteiger partial charge in [-0.25, -0.2) is 0 Å². The highest BCUT2D eigenvalue weighted by Gasteiger charge is 2.22. The molecule has 0 aliphatic carbocycles. The number of aryl methyl sites for hydroxylation is 2. The molecule has 0 atom stereocenters. The fourth-order valence-electron chi connectivity index (χ4n) is 3.27. The van der Waals surface area contributed by atoms with E-state index in [-0.39, 0.29) is 11.8 Å². The van der Waals surface area contributed by atoms with Crippen LogP contribution in [0, 0.1) is 13.8 Å². The van der Waals surface area contributed by atoms with Crippen molar-refractivity contribution < 1.29 is 14.0 Å². The summed E-state index contributed by atoms with van der Waals surface area (Å²) in [5, 5.41) is 2.78. The number of anilines is 1. The SMILES string of the molecule is Cc1ccccc1N1CCN(C(=O)CCNC(=O)c2ccoc2C)CC1. The molecule has 0 bridgehead atoms. The molecule has 6 heteroatoms. The zero-order chi connectivity index (χ0) is 18.5. The first kappa shape index (κ1) is 18.0. The second kappa shape index (κ2) is 8.08. The van der Waals surface area contributed by atoms with Crippen LogP contribution in [0.4, 0.5) is 5.69 Å². The number of hydrogen-bond donors (Lipinski definition) is 1. The van der Waals surface area contributed by atoms with Crippen molar-refractivity contribution in [3.63, 3.8) is 0 Å². The minimum Gasteiger partial charge on any atom is -0.469 e. The standard InChI is InChI=1S/C20H25N3O3/c1-15-5-3-4-6-18(15)22-10-12-23(13-11-22)19(24)7-9-21-20(25)17-8-14-26-16(17)2/h3-6,8,14H,7,9-13H2,1-2H3,(H,21,25). The lowest BCUT2D eigenvalue weighted by Gasteiger charge is -2.36. The summed E-state index contributed by atoms with van der Waals surface area (Å²) in [6.07, 6.45) is 1.80. The molecule has 0 spiro atoms. The fraction of sp³-hybridized carbons (Fsp3) is 0.400. The van der Waals surface area contributed by atoms with Crippen molar-refractivity contribution in [1.29, 1.82) is 0 Å². The monoisotopic (exact) mass is 355 g/mol. The molecule has 2 heterocycles. The molecule has 26 heavy (non-hydrogen) atoms. The molecule has 1 fully saturated rings. The van der Waals surface area contributed by atoms with Crippen molar-refractivity contribution in [1.82, 2.24) is 10.2 Å². The van der Waals surface area contributed by atoms with Gasteiger partial charge in [-0.15, -0.1) is 0 Å². The third kappa shape index (κ3) is 4.07. The van der Waals surface area contributed by atoms with Crippen LogP contribution in [-0.2, 0) is 4.79 Å². The van der Waals surface area contributed by atoms with Crippen LogP contribution < -0.4 is 10.2 Å². The van der Waals surface area contributed by atoms with Gasteiger partial charge in [0.2, 0.25) is 5.91 Å². The Bertz CT molecular complexity index is 776. The molecule has 2 amide bonds. The lowest BCUT2D eigenvalue weighted by Crippen LogP contribution is -2.49. The number of hydrogen-bond acceptors (Lipinski definition) is 4. The van der Waals surface area contributed by atoms with E-state index in [9.17, 15) is 9.59 Å². The number of nitrogens with zero attached hydrogens (tertiary/aromatic N) is 2. The third-order valence-electron chi connectivity index (χ3n) is 4.82. The lowest BCUT2D eigenvalue weighted by molar-refractivity contribution is -0.131. The number of para-hydroxylation sites is 1. The average Bonchev–Trinajstić information content (AvgIpc) is 3.08. The minimum atomic E-state index is -0.201. The van der Waals surface area contributed by atoms with Crippen LogP contribution in [0.3, 0.4) is 0 Å². The smallest absolute Gasteiger partial charge is 0.254 e. The van der Waals surface area contributed by atoms with Gasteiger partial charge in [0.05, 0.1) is 11.8 Å². The first-order valence-electron chi connectivity index (χ1n) is 8.97. The molecular formula is C20H25N3O3. The van der Waals surface area contributed by atoms with Crippen molar-refractivity contribution in [2.75, 3.05) is 37.6 Å². The maximum absolute atomic E-state index is 12.4. The summed E-state index contributed by atoms with van der Waals surface area (Å²) < 4.78 is 5.12. The van der Waals surface area contributed by atoms with Crippen LogP contribution in [-0.4, -0.2) is 49.4 Å². The molecule has 0 saturated carbocycles. The van der Waals surface area contributed by atoms with E-state index in [0.29, 0.717) is 37.4 Å². The summed E-state index contributed by atoms with van der Waals surface area (Å²) in [4.78, 5) is 28.6. The second-order valence-corrected chi connectivity index (χ2v) is 6.55. The highest BCUT2D eigenvalue weighted by atomic mass is 16.3. The van der Waals surface area contributed by atoms with Crippen LogP contribution in [0.15, 0.2) is 41.0 Å². The summed E-state index contributed by atoms with van der Waals surface area (Å²) in [6.45, 7) is 7.27. The van der Waals surface area contributed by atoms with Crippen LogP contribution in [0.2, 0.25) is 0 Å². The van der Waals surface area contributed by atoms with Crippen molar-refractivity contribution >= 4 is 17.5 Å². The van der Waals surface area contributed by atoms with Gasteiger partial charge in [-0.05, 0) is 31.5 Å². The zero-order valence-electron chi connectivity index (χ0n) is 15.3. The first-order chi connectivity index (χ1) is 12.6. The second-order valence-electron chi connectivity index (χ2n) is 6.55. The van der Waals surface area contributed by atoms with E-state index in [0.717, 1.165) is 13.1 Å². The van der Waals surface area contributed by atoms with Crippen molar-refractivity contribution in [3.8, 4) is 0 Å². The average molecular weight is 355 g/mol. The number of furan rings is 1. The summed E-state index contributed by atoms with van der Waals surface area (Å²) in [5.74, 6) is 0.466. The predicted molar refractivity (Wildman–Crippen MR) is 100 cm³/mol. The molecule has 1 aliphatic rings. The largest absolute Gasteiger partial charge is 0.469 e. The highest BCUT2D eigenvalue weighted by Crippen LogP contribution is 2.20. The lowest BCUT2D eigenvalue weighted by atomic mass is 10.1. The molecule has 3 rings (SSSR count). The molecule has 1 aromatic heterocycles. The van der Waals surface area contributed by atoms with E-state index in [1.165, 1.54) is 17.5 Å². The number of carbonyl (C=O) groups excluding carboxylic acids is 2. The maximum atomic E-state index is 12.4. The quantitative estimate of drug-likeness (QED) is 0.894. The Hall–Kier alpha value is -2.76. The summed E-state index contributed by atoms with van der Waals surface area (Å²) in [5.41, 5.74) is 3.01. The Labute approximate surface area is 153 Å². The molecule has 0 unspecified atom stereocenters. The highest BCUT2D eigenvalue weighted by molar-refractivity contribution is 5.95. The molecule has 6 nitrogen and oxygen atoms in total. The summed E-state index contributed by atoms with van der Waals surface area (Å²) >= 11 is 0. The molecular weight excluding hydrogens is 330 g/mol. The molecule has 1 aromatic carbocycles. The number of benzene rings is 1. The van der Waals surface area contributed by atoms with Crippen LogP contribution in [0.25, 0.3) is 0 Å². The van der Waals surface area contributed by atoms with Crippen LogP contribution in [0.1, 0.15) is 28.1 Å². The fourth-order valence-corrected chi connectivity index (χ4v) is 3.27. The van der Waals surface area contributed by atoms with Crippen molar-refractivity contribution in [2.24, 2.45) is 0 Å². The molecule has 1 N–H and O–H groups in total. The van der Waals surface area contributed by atoms with Gasteiger partial charge in [0, 0.05) is 44.8 Å². The van der Waals surface area contributed by atoms with Crippen molar-refractivity contribution in [2.45, 2.75) is 20.3 Å². The van der Waals surface area contributed by atoms with Gasteiger partial charge < -0.3 is 19.5 Å². The van der Waals surface area contributed by atoms with Gasteiger partial charge in [-0.1, -0.05) is 18.2 Å². The van der Waals surface area contributed by atoms with E-state index in [1.807, 2.05) is 17.0 Å². The number of rotatable bonds is 5. The van der Waals surface area contributed by atoms with Gasteiger partial charge in [-0.3, -0.25) is 9.59 Å². The van der Waals surface area contributed by atoms with Gasteiger partial charge in [-0.2, -0.15) is 0 Å².